The molecule has 24 heavy (non-hydrogen) atoms. The molecular weight excluding hydrogens is 324 g/mol. The maximum absolute atomic E-state index is 12.4. The molecule has 5 nitrogen and oxygen atoms in total. The molecule has 2 aromatic rings. The van der Waals surface area contributed by atoms with E-state index >= 15 is 0 Å². The number of carbonyl (C=O) groups is 2. The number of aryl methyl sites for hydroxylation is 1. The quantitative estimate of drug-likeness (QED) is 0.620. The summed E-state index contributed by atoms with van der Waals surface area (Å²) in [6, 6.07) is 8.15. The Hall–Kier alpha value is -2.21. The van der Waals surface area contributed by atoms with Gasteiger partial charge in [0, 0.05) is 24.9 Å². The van der Waals surface area contributed by atoms with Crippen LogP contribution in [0.3, 0.4) is 0 Å². The fourth-order valence-corrected chi connectivity index (χ4v) is 4.74. The minimum Gasteiger partial charge on any atom is -0.392 e. The standard InChI is InChI=1S/C18H18N2O3S/c1-9-4-6-10(7-5-9)11-8-12-15(24-18(19-12)20(2)3)14-13(11)16(21)23-17(14)22/h4-7,11,13-14H,8H2,1-3H3/t11-,13+,14+/m0/s1. The summed E-state index contributed by atoms with van der Waals surface area (Å²) in [4.78, 5) is 32.2. The number of esters is 2. The number of ether oxygens (including phenoxy) is 1. The third-order valence-corrected chi connectivity index (χ3v) is 6.17. The van der Waals surface area contributed by atoms with Gasteiger partial charge >= 0.3 is 11.9 Å². The third-order valence-electron chi connectivity index (χ3n) is 4.82. The summed E-state index contributed by atoms with van der Waals surface area (Å²) in [5, 5.41) is 0.857. The van der Waals surface area contributed by atoms with Crippen molar-refractivity contribution >= 4 is 28.4 Å². The van der Waals surface area contributed by atoms with E-state index in [9.17, 15) is 9.59 Å². The third kappa shape index (κ3) is 2.24. The van der Waals surface area contributed by atoms with E-state index in [1.807, 2.05) is 50.2 Å². The van der Waals surface area contributed by atoms with Crippen molar-refractivity contribution in [2.45, 2.75) is 25.2 Å². The van der Waals surface area contributed by atoms with Gasteiger partial charge < -0.3 is 9.64 Å². The van der Waals surface area contributed by atoms with Crippen molar-refractivity contribution in [1.29, 1.82) is 0 Å². The van der Waals surface area contributed by atoms with Gasteiger partial charge in [0.1, 0.15) is 5.92 Å². The second-order valence-corrected chi connectivity index (χ2v) is 7.68. The molecule has 0 N–H and O–H groups in total. The van der Waals surface area contributed by atoms with Crippen molar-refractivity contribution in [2.75, 3.05) is 19.0 Å². The Morgan fingerprint density at radius 1 is 1.17 bits per heavy atom. The number of nitrogens with zero attached hydrogens (tertiary/aromatic N) is 2. The van der Waals surface area contributed by atoms with Gasteiger partial charge in [0.2, 0.25) is 0 Å². The van der Waals surface area contributed by atoms with Crippen molar-refractivity contribution in [3.05, 3.63) is 46.0 Å². The van der Waals surface area contributed by atoms with Gasteiger partial charge in [-0.25, -0.2) is 4.98 Å². The monoisotopic (exact) mass is 342 g/mol. The first-order valence-electron chi connectivity index (χ1n) is 7.94. The van der Waals surface area contributed by atoms with E-state index in [4.69, 9.17) is 4.74 Å². The van der Waals surface area contributed by atoms with Gasteiger partial charge in [0.05, 0.1) is 11.6 Å². The molecule has 0 saturated carbocycles. The van der Waals surface area contributed by atoms with E-state index in [-0.39, 0.29) is 5.92 Å². The molecule has 6 heteroatoms. The van der Waals surface area contributed by atoms with Crippen LogP contribution >= 0.6 is 11.3 Å². The molecule has 1 saturated heterocycles. The van der Waals surface area contributed by atoms with Crippen LogP contribution in [0, 0.1) is 12.8 Å². The molecule has 1 aliphatic heterocycles. The van der Waals surface area contributed by atoms with Crippen LogP contribution in [-0.2, 0) is 20.7 Å². The lowest BCUT2D eigenvalue weighted by atomic mass is 9.72. The average Bonchev–Trinajstić information content (AvgIpc) is 3.09. The van der Waals surface area contributed by atoms with E-state index in [0.29, 0.717) is 6.42 Å². The van der Waals surface area contributed by atoms with Gasteiger partial charge in [-0.1, -0.05) is 29.8 Å². The topological polar surface area (TPSA) is 59.5 Å². The van der Waals surface area contributed by atoms with Crippen molar-refractivity contribution in [1.82, 2.24) is 4.98 Å². The van der Waals surface area contributed by atoms with Crippen LogP contribution in [0.15, 0.2) is 24.3 Å². The Morgan fingerprint density at radius 2 is 1.88 bits per heavy atom. The van der Waals surface area contributed by atoms with Crippen molar-refractivity contribution < 1.29 is 14.3 Å². The van der Waals surface area contributed by atoms with Crippen LogP contribution in [0.1, 0.15) is 33.5 Å². The Morgan fingerprint density at radius 3 is 2.54 bits per heavy atom. The number of thiazole rings is 1. The van der Waals surface area contributed by atoms with Crippen molar-refractivity contribution in [3.63, 3.8) is 0 Å². The smallest absolute Gasteiger partial charge is 0.322 e. The Labute approximate surface area is 144 Å². The number of benzene rings is 1. The van der Waals surface area contributed by atoms with Gasteiger partial charge in [-0.15, -0.1) is 11.3 Å². The number of rotatable bonds is 2. The van der Waals surface area contributed by atoms with Crippen LogP contribution in [0.25, 0.3) is 0 Å². The van der Waals surface area contributed by atoms with Gasteiger partial charge in [-0.3, -0.25) is 9.59 Å². The summed E-state index contributed by atoms with van der Waals surface area (Å²) in [5.41, 5.74) is 3.15. The molecule has 1 fully saturated rings. The predicted octanol–water partition coefficient (Wildman–Crippen LogP) is 2.64. The van der Waals surface area contributed by atoms with E-state index in [2.05, 4.69) is 4.98 Å². The van der Waals surface area contributed by atoms with Gasteiger partial charge in [0.25, 0.3) is 0 Å². The lowest BCUT2D eigenvalue weighted by Crippen LogP contribution is -2.29. The van der Waals surface area contributed by atoms with E-state index in [1.54, 1.807) is 0 Å². The Bertz CT molecular complexity index is 825. The molecule has 1 aromatic heterocycles. The highest BCUT2D eigenvalue weighted by Gasteiger charge is 2.54. The Balaban J connectivity index is 1.83. The molecule has 2 heterocycles. The lowest BCUT2D eigenvalue weighted by Gasteiger charge is -2.29. The number of cyclic esters (lactones) is 2. The molecule has 0 radical (unpaired) electrons. The first-order valence-corrected chi connectivity index (χ1v) is 8.76. The number of hydrogen-bond donors (Lipinski definition) is 0. The minimum absolute atomic E-state index is 0.0702. The summed E-state index contributed by atoms with van der Waals surface area (Å²) in [5.74, 6) is -1.86. The van der Waals surface area contributed by atoms with E-state index < -0.39 is 23.8 Å². The van der Waals surface area contributed by atoms with Crippen LogP contribution in [0.4, 0.5) is 5.13 Å². The lowest BCUT2D eigenvalue weighted by molar-refractivity contribution is -0.153. The average molecular weight is 342 g/mol. The molecule has 0 unspecified atom stereocenters. The zero-order valence-corrected chi connectivity index (χ0v) is 14.6. The van der Waals surface area contributed by atoms with Gasteiger partial charge in [-0.05, 0) is 18.9 Å². The molecule has 124 valence electrons. The predicted molar refractivity (Wildman–Crippen MR) is 91.4 cm³/mol. The molecular formula is C18H18N2O3S. The number of anilines is 1. The number of fused-ring (bicyclic) bond motifs is 3. The van der Waals surface area contributed by atoms with Crippen molar-refractivity contribution in [2.24, 2.45) is 5.92 Å². The van der Waals surface area contributed by atoms with Crippen LogP contribution in [-0.4, -0.2) is 31.0 Å². The highest BCUT2D eigenvalue weighted by atomic mass is 32.1. The summed E-state index contributed by atoms with van der Waals surface area (Å²) >= 11 is 1.49. The first kappa shape index (κ1) is 15.3. The number of aromatic nitrogens is 1. The fraction of sp³-hybridized carbons (Fsp3) is 0.389. The van der Waals surface area contributed by atoms with Gasteiger partial charge in [-0.2, -0.15) is 0 Å². The molecule has 1 aromatic carbocycles. The maximum Gasteiger partial charge on any atom is 0.322 e. The summed E-state index contributed by atoms with van der Waals surface area (Å²) in [6.45, 7) is 2.03. The van der Waals surface area contributed by atoms with Crippen molar-refractivity contribution in [3.8, 4) is 0 Å². The first-order chi connectivity index (χ1) is 11.5. The van der Waals surface area contributed by atoms with Crippen LogP contribution in [0.5, 0.6) is 0 Å². The molecule has 0 spiro atoms. The van der Waals surface area contributed by atoms with Gasteiger partial charge in [0.15, 0.2) is 5.13 Å². The van der Waals surface area contributed by atoms with E-state index in [0.717, 1.165) is 21.3 Å². The largest absolute Gasteiger partial charge is 0.392 e. The second kappa shape index (κ2) is 5.41. The molecule has 3 atom stereocenters. The normalized spacial score (nSPS) is 25.2. The maximum atomic E-state index is 12.4. The Kier molecular flexibility index (Phi) is 3.46. The molecule has 4 rings (SSSR count). The van der Waals surface area contributed by atoms with Crippen LogP contribution < -0.4 is 4.90 Å². The van der Waals surface area contributed by atoms with Crippen LogP contribution in [0.2, 0.25) is 0 Å². The fourth-order valence-electron chi connectivity index (χ4n) is 3.59. The zero-order chi connectivity index (χ0) is 17.0. The minimum atomic E-state index is -0.515. The SMILES string of the molecule is Cc1ccc([C@@H]2Cc3nc(N(C)C)sc3[C@@H]3C(=O)OC(=O)[C@H]23)cc1. The highest BCUT2D eigenvalue weighted by molar-refractivity contribution is 7.16. The zero-order valence-electron chi connectivity index (χ0n) is 13.8. The molecule has 1 aliphatic carbocycles. The number of hydrogen-bond acceptors (Lipinski definition) is 6. The highest BCUT2D eigenvalue weighted by Crippen LogP contribution is 2.51. The molecule has 0 bridgehead atoms. The number of carbonyl (C=O) groups excluding carboxylic acids is 2. The summed E-state index contributed by atoms with van der Waals surface area (Å²) in [6.07, 6.45) is 0.659. The van der Waals surface area contributed by atoms with E-state index in [1.165, 1.54) is 16.9 Å². The molecule has 0 amide bonds. The summed E-state index contributed by atoms with van der Waals surface area (Å²) in [7, 11) is 3.86. The summed E-state index contributed by atoms with van der Waals surface area (Å²) < 4.78 is 5.00. The molecule has 2 aliphatic rings. The second-order valence-electron chi connectivity index (χ2n) is 6.67.